The van der Waals surface area contributed by atoms with Gasteiger partial charge in [0.25, 0.3) is 0 Å². The molecule has 34 heavy (non-hydrogen) atoms. The summed E-state index contributed by atoms with van der Waals surface area (Å²) >= 11 is 12.5. The molecule has 1 aromatic heterocycles. The number of hydrogen-bond acceptors (Lipinski definition) is 3. The maximum Gasteiger partial charge on any atom is 0.153 e. The van der Waals surface area contributed by atoms with Gasteiger partial charge in [-0.15, -0.1) is 0 Å². The zero-order chi connectivity index (χ0) is 24.5. The standard InChI is InChI=1S/C28H25Cl2N3O/c1-18-7-8-22(15-25(18)26(13-19(2)34)20-5-4-6-24(30)14-20)28(31,27-16-32-17-33(27)3)21-9-11-23(29)12-10-21/h4-17H,31H2,1-3H3/b26-13-/t28-/m1/s1. The largest absolute Gasteiger partial charge is 0.336 e. The van der Waals surface area contributed by atoms with Crippen LogP contribution in [0.1, 0.15) is 40.4 Å². The number of hydrogen-bond donors (Lipinski definition) is 1. The van der Waals surface area contributed by atoms with Crippen LogP contribution in [0.3, 0.4) is 0 Å². The van der Waals surface area contributed by atoms with Gasteiger partial charge in [-0.2, -0.15) is 0 Å². The van der Waals surface area contributed by atoms with Crippen LogP contribution < -0.4 is 5.73 Å². The maximum atomic E-state index is 12.2. The first kappa shape index (κ1) is 24.0. The topological polar surface area (TPSA) is 60.9 Å². The number of halogens is 2. The van der Waals surface area contributed by atoms with Crippen LogP contribution in [0.2, 0.25) is 10.0 Å². The molecule has 0 aliphatic heterocycles. The molecule has 4 aromatic rings. The average Bonchev–Trinajstić information content (AvgIpc) is 3.24. The van der Waals surface area contributed by atoms with Crippen molar-refractivity contribution in [1.29, 1.82) is 0 Å². The van der Waals surface area contributed by atoms with Gasteiger partial charge in [-0.3, -0.25) is 4.79 Å². The molecule has 0 aliphatic rings. The number of rotatable bonds is 6. The van der Waals surface area contributed by atoms with Gasteiger partial charge in [0.05, 0.1) is 18.2 Å². The van der Waals surface area contributed by atoms with Crippen molar-refractivity contribution in [1.82, 2.24) is 9.55 Å². The van der Waals surface area contributed by atoms with E-state index in [9.17, 15) is 4.79 Å². The van der Waals surface area contributed by atoms with E-state index in [1.54, 1.807) is 25.5 Å². The number of imidazole rings is 1. The van der Waals surface area contributed by atoms with Crippen molar-refractivity contribution in [3.05, 3.63) is 129 Å². The molecule has 6 heteroatoms. The quantitative estimate of drug-likeness (QED) is 0.323. The third-order valence-corrected chi connectivity index (χ3v) is 6.47. The molecule has 1 atom stereocenters. The first-order valence-corrected chi connectivity index (χ1v) is 11.6. The van der Waals surface area contributed by atoms with Crippen molar-refractivity contribution in [2.75, 3.05) is 0 Å². The average molecular weight is 490 g/mol. The lowest BCUT2D eigenvalue weighted by molar-refractivity contribution is -0.112. The monoisotopic (exact) mass is 489 g/mol. The SMILES string of the molecule is CC(=O)/C=C(/c1cccc(Cl)c1)c1cc([C@](N)(c2ccc(Cl)cc2)c2cncn2C)ccc1C. The number of nitrogens with zero attached hydrogens (tertiary/aromatic N) is 2. The predicted molar refractivity (Wildman–Crippen MR) is 139 cm³/mol. The molecule has 0 fully saturated rings. The van der Waals surface area contributed by atoms with E-state index in [0.717, 1.165) is 39.1 Å². The number of carbonyl (C=O) groups excluding carboxylic acids is 1. The Hall–Kier alpha value is -3.18. The number of aryl methyl sites for hydroxylation is 2. The highest BCUT2D eigenvalue weighted by atomic mass is 35.5. The second-order valence-electron chi connectivity index (χ2n) is 8.41. The van der Waals surface area contributed by atoms with Gasteiger partial charge in [0.15, 0.2) is 5.78 Å². The van der Waals surface area contributed by atoms with E-state index >= 15 is 0 Å². The third-order valence-electron chi connectivity index (χ3n) is 5.99. The highest BCUT2D eigenvalue weighted by Crippen LogP contribution is 2.37. The zero-order valence-corrected chi connectivity index (χ0v) is 20.7. The molecule has 0 radical (unpaired) electrons. The first-order chi connectivity index (χ1) is 16.2. The van der Waals surface area contributed by atoms with Crippen molar-refractivity contribution >= 4 is 34.6 Å². The number of allylic oxidation sites excluding steroid dienone is 1. The number of benzene rings is 3. The molecule has 0 saturated heterocycles. The summed E-state index contributed by atoms with van der Waals surface area (Å²) < 4.78 is 1.91. The van der Waals surface area contributed by atoms with E-state index in [2.05, 4.69) is 4.98 Å². The molecule has 0 bridgehead atoms. The molecule has 2 N–H and O–H groups in total. The third kappa shape index (κ3) is 4.58. The molecule has 4 nitrogen and oxygen atoms in total. The van der Waals surface area contributed by atoms with Gasteiger partial charge in [0, 0.05) is 17.1 Å². The van der Waals surface area contributed by atoms with Gasteiger partial charge in [0.1, 0.15) is 5.54 Å². The Balaban J connectivity index is 1.98. The Morgan fingerprint density at radius 1 is 1.00 bits per heavy atom. The van der Waals surface area contributed by atoms with Gasteiger partial charge in [-0.25, -0.2) is 4.98 Å². The molecule has 4 rings (SSSR count). The summed E-state index contributed by atoms with van der Waals surface area (Å²) in [6.07, 6.45) is 5.15. The molecule has 3 aromatic carbocycles. The van der Waals surface area contributed by atoms with Gasteiger partial charge in [-0.05, 0) is 83.6 Å². The van der Waals surface area contributed by atoms with Crippen molar-refractivity contribution in [2.24, 2.45) is 12.8 Å². The minimum atomic E-state index is -1.01. The molecule has 172 valence electrons. The Labute approximate surface area is 209 Å². The van der Waals surface area contributed by atoms with E-state index in [4.69, 9.17) is 28.9 Å². The molecule has 0 aliphatic carbocycles. The Morgan fingerprint density at radius 2 is 1.71 bits per heavy atom. The molecule has 0 amide bonds. The fourth-order valence-corrected chi connectivity index (χ4v) is 4.56. The van der Waals surface area contributed by atoms with Gasteiger partial charge < -0.3 is 10.3 Å². The lowest BCUT2D eigenvalue weighted by atomic mass is 9.79. The van der Waals surface area contributed by atoms with Crippen LogP contribution in [0.5, 0.6) is 0 Å². The van der Waals surface area contributed by atoms with Crippen LogP contribution in [0.15, 0.2) is 85.3 Å². The van der Waals surface area contributed by atoms with Crippen molar-refractivity contribution in [2.45, 2.75) is 19.4 Å². The van der Waals surface area contributed by atoms with Crippen LogP contribution in [0.4, 0.5) is 0 Å². The second kappa shape index (κ2) is 9.59. The van der Waals surface area contributed by atoms with Crippen LogP contribution in [0, 0.1) is 6.92 Å². The maximum absolute atomic E-state index is 12.2. The van der Waals surface area contributed by atoms with Crippen LogP contribution in [-0.2, 0) is 17.4 Å². The molecule has 1 heterocycles. The fourth-order valence-electron chi connectivity index (χ4n) is 4.25. The lowest BCUT2D eigenvalue weighted by Crippen LogP contribution is -2.41. The number of aromatic nitrogens is 2. The van der Waals surface area contributed by atoms with E-state index in [-0.39, 0.29) is 5.78 Å². The number of carbonyl (C=O) groups is 1. The van der Waals surface area contributed by atoms with E-state index in [0.29, 0.717) is 10.0 Å². The van der Waals surface area contributed by atoms with Crippen molar-refractivity contribution in [3.8, 4) is 0 Å². The summed E-state index contributed by atoms with van der Waals surface area (Å²) in [7, 11) is 1.92. The van der Waals surface area contributed by atoms with Gasteiger partial charge >= 0.3 is 0 Å². The number of ketones is 1. The fraction of sp³-hybridized carbons (Fsp3) is 0.143. The molecular formula is C28H25Cl2N3O. The van der Waals surface area contributed by atoms with Crippen molar-refractivity contribution in [3.63, 3.8) is 0 Å². The second-order valence-corrected chi connectivity index (χ2v) is 9.29. The van der Waals surface area contributed by atoms with Gasteiger partial charge in [-0.1, -0.05) is 59.6 Å². The first-order valence-electron chi connectivity index (χ1n) is 10.8. The number of nitrogens with two attached hydrogens (primary N) is 1. The minimum absolute atomic E-state index is 0.0527. The van der Waals surface area contributed by atoms with Crippen LogP contribution >= 0.6 is 23.2 Å². The molecule has 0 saturated carbocycles. The summed E-state index contributed by atoms with van der Waals surface area (Å²) in [4.78, 5) is 16.5. The summed E-state index contributed by atoms with van der Waals surface area (Å²) in [6, 6.07) is 21.1. The Morgan fingerprint density at radius 3 is 2.32 bits per heavy atom. The van der Waals surface area contributed by atoms with E-state index < -0.39 is 5.54 Å². The highest BCUT2D eigenvalue weighted by molar-refractivity contribution is 6.31. The minimum Gasteiger partial charge on any atom is -0.336 e. The van der Waals surface area contributed by atoms with Crippen molar-refractivity contribution < 1.29 is 4.79 Å². The highest BCUT2D eigenvalue weighted by Gasteiger charge is 2.35. The molecule has 0 unspecified atom stereocenters. The zero-order valence-electron chi connectivity index (χ0n) is 19.2. The normalized spacial score (nSPS) is 13.5. The van der Waals surface area contributed by atoms with Crippen LogP contribution in [0.25, 0.3) is 5.57 Å². The summed E-state index contributed by atoms with van der Waals surface area (Å²) in [5, 5.41) is 1.23. The Bertz CT molecular complexity index is 1390. The van der Waals surface area contributed by atoms with Gasteiger partial charge in [0.2, 0.25) is 0 Å². The summed E-state index contributed by atoms with van der Waals surface area (Å²) in [5.41, 5.74) is 12.3. The van der Waals surface area contributed by atoms with E-state index in [1.807, 2.05) is 85.3 Å². The Kier molecular flexibility index (Phi) is 6.76. The summed E-state index contributed by atoms with van der Waals surface area (Å²) in [5.74, 6) is -0.0527. The summed E-state index contributed by atoms with van der Waals surface area (Å²) in [6.45, 7) is 3.56. The smallest absolute Gasteiger partial charge is 0.153 e. The predicted octanol–water partition coefficient (Wildman–Crippen LogP) is 6.31. The lowest BCUT2D eigenvalue weighted by Gasteiger charge is -2.32. The van der Waals surface area contributed by atoms with E-state index in [1.165, 1.54) is 0 Å². The van der Waals surface area contributed by atoms with Crippen LogP contribution in [-0.4, -0.2) is 15.3 Å². The molecular weight excluding hydrogens is 465 g/mol. The molecule has 0 spiro atoms.